The molecule has 7 nitrogen and oxygen atoms in total. The van der Waals surface area contributed by atoms with Gasteiger partial charge in [0.05, 0.1) is 31.4 Å². The van der Waals surface area contributed by atoms with Crippen LogP contribution in [0.5, 0.6) is 5.75 Å². The molecule has 2 aliphatic rings. The molecular weight excluding hydrogens is 456 g/mol. The summed E-state index contributed by atoms with van der Waals surface area (Å²) >= 11 is 0. The van der Waals surface area contributed by atoms with E-state index in [-0.39, 0.29) is 11.3 Å². The summed E-state index contributed by atoms with van der Waals surface area (Å²) in [5, 5.41) is 11.4. The molecule has 192 valence electrons. The average molecular weight is 493 g/mol. The minimum atomic E-state index is -0.654. The second-order valence-corrected chi connectivity index (χ2v) is 9.68. The predicted octanol–water partition coefficient (Wildman–Crippen LogP) is 4.27. The number of carbonyl (C=O) groups excluding carboxylic acids is 2. The van der Waals surface area contributed by atoms with Gasteiger partial charge in [-0.3, -0.25) is 14.5 Å². The van der Waals surface area contributed by atoms with Crippen LogP contribution in [0.4, 0.5) is 0 Å². The van der Waals surface area contributed by atoms with E-state index < -0.39 is 17.7 Å². The maximum absolute atomic E-state index is 13.4. The van der Waals surface area contributed by atoms with Crippen molar-refractivity contribution in [2.75, 3.05) is 46.0 Å². The Bertz CT molecular complexity index is 1130. The number of aliphatic hydroxyl groups excluding tert-OH is 1. The van der Waals surface area contributed by atoms with Crippen LogP contribution in [0.25, 0.3) is 5.76 Å². The van der Waals surface area contributed by atoms with Crippen LogP contribution in [-0.2, 0) is 14.3 Å². The quantitative estimate of drug-likeness (QED) is 0.337. The molecule has 0 aliphatic carbocycles. The van der Waals surface area contributed by atoms with Crippen molar-refractivity contribution in [2.45, 2.75) is 39.7 Å². The minimum Gasteiger partial charge on any atom is -0.507 e. The van der Waals surface area contributed by atoms with E-state index in [1.54, 1.807) is 17.0 Å². The monoisotopic (exact) mass is 492 g/mol. The Morgan fingerprint density at radius 1 is 1.08 bits per heavy atom. The Labute approximate surface area is 213 Å². The van der Waals surface area contributed by atoms with E-state index in [4.69, 9.17) is 9.47 Å². The summed E-state index contributed by atoms with van der Waals surface area (Å²) in [5.41, 5.74) is 3.41. The van der Waals surface area contributed by atoms with Crippen LogP contribution in [-0.4, -0.2) is 72.6 Å². The summed E-state index contributed by atoms with van der Waals surface area (Å²) in [6.07, 6.45) is 0. The summed E-state index contributed by atoms with van der Waals surface area (Å²) in [5.74, 6) is -0.329. The highest BCUT2D eigenvalue weighted by Gasteiger charge is 2.46. The Kier molecular flexibility index (Phi) is 8.11. The van der Waals surface area contributed by atoms with Gasteiger partial charge in [-0.15, -0.1) is 0 Å². The molecule has 2 heterocycles. The Morgan fingerprint density at radius 3 is 2.39 bits per heavy atom. The minimum absolute atomic E-state index is 0.131. The molecule has 36 heavy (non-hydrogen) atoms. The van der Waals surface area contributed by atoms with Gasteiger partial charge in [-0.05, 0) is 54.7 Å². The lowest BCUT2D eigenvalue weighted by Crippen LogP contribution is -2.42. The van der Waals surface area contributed by atoms with Crippen molar-refractivity contribution in [3.8, 4) is 5.75 Å². The number of likely N-dealkylation sites (tertiary alicyclic amines) is 1. The lowest BCUT2D eigenvalue weighted by molar-refractivity contribution is -0.140. The summed E-state index contributed by atoms with van der Waals surface area (Å²) in [6.45, 7) is 12.5. The zero-order chi connectivity index (χ0) is 25.8. The zero-order valence-corrected chi connectivity index (χ0v) is 21.6. The fourth-order valence-corrected chi connectivity index (χ4v) is 4.90. The molecule has 0 radical (unpaired) electrons. The van der Waals surface area contributed by atoms with Gasteiger partial charge in [-0.2, -0.15) is 0 Å². The van der Waals surface area contributed by atoms with E-state index in [0.29, 0.717) is 50.1 Å². The van der Waals surface area contributed by atoms with E-state index in [9.17, 15) is 14.7 Å². The largest absolute Gasteiger partial charge is 0.507 e. The normalized spacial score (nSPS) is 20.4. The van der Waals surface area contributed by atoms with Crippen LogP contribution in [0.3, 0.4) is 0 Å². The van der Waals surface area contributed by atoms with E-state index in [2.05, 4.69) is 18.7 Å². The number of aliphatic hydroxyl groups is 1. The molecule has 2 aromatic rings. The molecule has 0 saturated carbocycles. The fourth-order valence-electron chi connectivity index (χ4n) is 4.90. The van der Waals surface area contributed by atoms with Crippen molar-refractivity contribution >= 4 is 17.4 Å². The van der Waals surface area contributed by atoms with Crippen molar-refractivity contribution in [1.82, 2.24) is 9.80 Å². The van der Waals surface area contributed by atoms with Crippen LogP contribution < -0.4 is 4.74 Å². The first kappa shape index (κ1) is 25.9. The molecule has 1 amide bonds. The van der Waals surface area contributed by atoms with Crippen molar-refractivity contribution in [3.63, 3.8) is 0 Å². The smallest absolute Gasteiger partial charge is 0.295 e. The van der Waals surface area contributed by atoms with Crippen molar-refractivity contribution < 1.29 is 24.2 Å². The van der Waals surface area contributed by atoms with E-state index in [0.717, 1.165) is 24.2 Å². The molecule has 7 heteroatoms. The molecular formula is C29H36N2O5. The molecule has 0 aromatic heterocycles. The number of Topliss-reactive ketones (excluding diaryl/α,β-unsaturated/α-hetero) is 1. The van der Waals surface area contributed by atoms with Gasteiger partial charge in [0.25, 0.3) is 11.7 Å². The van der Waals surface area contributed by atoms with Gasteiger partial charge in [0, 0.05) is 31.7 Å². The predicted molar refractivity (Wildman–Crippen MR) is 139 cm³/mol. The number of benzene rings is 2. The number of aryl methyl sites for hydroxylation is 1. The number of amides is 1. The molecule has 0 bridgehead atoms. The molecule has 1 unspecified atom stereocenters. The van der Waals surface area contributed by atoms with Gasteiger partial charge in [-0.1, -0.05) is 38.1 Å². The molecule has 2 saturated heterocycles. The van der Waals surface area contributed by atoms with Gasteiger partial charge in [0.15, 0.2) is 0 Å². The van der Waals surface area contributed by atoms with E-state index in [1.165, 1.54) is 5.56 Å². The first-order valence-electron chi connectivity index (χ1n) is 12.7. The van der Waals surface area contributed by atoms with Crippen LogP contribution in [0.15, 0.2) is 48.0 Å². The third kappa shape index (κ3) is 5.32. The number of ether oxygens (including phenoxy) is 2. The number of hydrogen-bond acceptors (Lipinski definition) is 6. The standard InChI is InChI=1S/C29H36N2O5/c1-5-36-23-10-11-24(20(4)18-23)27(32)25-26(22-8-6-21(7-9-22)19(2)3)31(29(34)28(25)33)13-12-30-14-16-35-17-15-30/h6-11,18-19,26,32H,5,12-17H2,1-4H3/b27-25-. The van der Waals surface area contributed by atoms with E-state index >= 15 is 0 Å². The second kappa shape index (κ2) is 11.3. The van der Waals surface area contributed by atoms with Crippen molar-refractivity contribution in [3.05, 3.63) is 70.3 Å². The van der Waals surface area contributed by atoms with E-state index in [1.807, 2.05) is 44.2 Å². The maximum Gasteiger partial charge on any atom is 0.295 e. The second-order valence-electron chi connectivity index (χ2n) is 9.68. The number of morpholine rings is 1. The third-order valence-corrected chi connectivity index (χ3v) is 6.98. The first-order chi connectivity index (χ1) is 17.3. The maximum atomic E-state index is 13.4. The highest BCUT2D eigenvalue weighted by molar-refractivity contribution is 6.46. The number of ketones is 1. The number of carbonyl (C=O) groups is 2. The molecule has 2 aromatic carbocycles. The molecule has 1 N–H and O–H groups in total. The lowest BCUT2D eigenvalue weighted by atomic mass is 9.92. The highest BCUT2D eigenvalue weighted by atomic mass is 16.5. The van der Waals surface area contributed by atoms with Crippen LogP contribution >= 0.6 is 0 Å². The van der Waals surface area contributed by atoms with Gasteiger partial charge in [0.1, 0.15) is 11.5 Å². The highest BCUT2D eigenvalue weighted by Crippen LogP contribution is 2.40. The van der Waals surface area contributed by atoms with Crippen molar-refractivity contribution in [1.29, 1.82) is 0 Å². The fraction of sp³-hybridized carbons (Fsp3) is 0.448. The molecule has 1 atom stereocenters. The first-order valence-corrected chi connectivity index (χ1v) is 12.7. The molecule has 4 rings (SSSR count). The van der Waals surface area contributed by atoms with Crippen LogP contribution in [0, 0.1) is 6.92 Å². The summed E-state index contributed by atoms with van der Waals surface area (Å²) in [4.78, 5) is 30.5. The molecule has 2 aliphatic heterocycles. The topological polar surface area (TPSA) is 79.3 Å². The van der Waals surface area contributed by atoms with Crippen LogP contribution in [0.1, 0.15) is 55.0 Å². The number of nitrogens with zero attached hydrogens (tertiary/aromatic N) is 2. The van der Waals surface area contributed by atoms with Gasteiger partial charge in [-0.25, -0.2) is 0 Å². The Hall–Kier alpha value is -3.16. The Balaban J connectivity index is 1.75. The van der Waals surface area contributed by atoms with Gasteiger partial charge >= 0.3 is 0 Å². The number of hydrogen-bond donors (Lipinski definition) is 1. The van der Waals surface area contributed by atoms with Gasteiger partial charge < -0.3 is 19.5 Å². The van der Waals surface area contributed by atoms with Crippen LogP contribution in [0.2, 0.25) is 0 Å². The summed E-state index contributed by atoms with van der Waals surface area (Å²) in [6, 6.07) is 12.7. The third-order valence-electron chi connectivity index (χ3n) is 6.98. The van der Waals surface area contributed by atoms with Crippen molar-refractivity contribution in [2.24, 2.45) is 0 Å². The summed E-state index contributed by atoms with van der Waals surface area (Å²) in [7, 11) is 0. The summed E-state index contributed by atoms with van der Waals surface area (Å²) < 4.78 is 11.0. The Morgan fingerprint density at radius 2 is 1.78 bits per heavy atom. The number of rotatable bonds is 8. The SMILES string of the molecule is CCOc1ccc(/C(O)=C2/C(=O)C(=O)N(CCN3CCOCC3)C2c2ccc(C(C)C)cc2)c(C)c1. The molecule has 0 spiro atoms. The zero-order valence-electron chi connectivity index (χ0n) is 21.6. The average Bonchev–Trinajstić information content (AvgIpc) is 3.13. The lowest BCUT2D eigenvalue weighted by Gasteiger charge is -2.31. The van der Waals surface area contributed by atoms with Gasteiger partial charge in [0.2, 0.25) is 0 Å². The molecule has 2 fully saturated rings.